The van der Waals surface area contributed by atoms with Crippen molar-refractivity contribution < 1.29 is 4.74 Å². The molecule has 2 N–H and O–H groups in total. The zero-order chi connectivity index (χ0) is 13.8. The van der Waals surface area contributed by atoms with Gasteiger partial charge < -0.3 is 10.5 Å². The van der Waals surface area contributed by atoms with Crippen LogP contribution < -0.4 is 10.5 Å². The van der Waals surface area contributed by atoms with Crippen LogP contribution in [0, 0.1) is 0 Å². The van der Waals surface area contributed by atoms with Crippen LogP contribution in [0.4, 0.5) is 0 Å². The number of para-hydroxylation sites is 1. The number of hydrogen-bond donors (Lipinski definition) is 1. The summed E-state index contributed by atoms with van der Waals surface area (Å²) in [6, 6.07) is 13.0. The molecule has 0 aromatic heterocycles. The fraction of sp³-hybridized carbons (Fsp3) is 0.200. The van der Waals surface area contributed by atoms with E-state index in [0.29, 0.717) is 16.5 Å². The van der Waals surface area contributed by atoms with Gasteiger partial charge in [-0.1, -0.05) is 47.5 Å². The molecule has 0 aliphatic carbocycles. The van der Waals surface area contributed by atoms with Crippen molar-refractivity contribution in [2.45, 2.75) is 12.5 Å². The van der Waals surface area contributed by atoms with Gasteiger partial charge in [0.15, 0.2) is 0 Å². The second kappa shape index (κ2) is 6.29. The van der Waals surface area contributed by atoms with Crippen LogP contribution in [0.5, 0.6) is 5.75 Å². The Morgan fingerprint density at radius 1 is 1.16 bits per heavy atom. The van der Waals surface area contributed by atoms with Gasteiger partial charge in [-0.15, -0.1) is 0 Å². The van der Waals surface area contributed by atoms with Crippen molar-refractivity contribution >= 4 is 23.2 Å². The van der Waals surface area contributed by atoms with Gasteiger partial charge in [0.25, 0.3) is 0 Å². The molecule has 0 amide bonds. The molecule has 0 radical (unpaired) electrons. The third-order valence-corrected chi connectivity index (χ3v) is 3.58. The first-order chi connectivity index (χ1) is 9.11. The number of nitrogens with two attached hydrogens (primary N) is 1. The van der Waals surface area contributed by atoms with Gasteiger partial charge in [0.2, 0.25) is 0 Å². The van der Waals surface area contributed by atoms with E-state index in [1.165, 1.54) is 0 Å². The van der Waals surface area contributed by atoms with Crippen molar-refractivity contribution in [3.63, 3.8) is 0 Å². The summed E-state index contributed by atoms with van der Waals surface area (Å²) in [6.45, 7) is 0. The molecule has 2 rings (SSSR count). The van der Waals surface area contributed by atoms with Crippen LogP contribution in [-0.4, -0.2) is 7.11 Å². The highest BCUT2D eigenvalue weighted by Crippen LogP contribution is 2.29. The lowest BCUT2D eigenvalue weighted by atomic mass is 9.99. The number of ether oxygens (including phenoxy) is 1. The Kier molecular flexibility index (Phi) is 4.70. The van der Waals surface area contributed by atoms with Crippen molar-refractivity contribution in [1.82, 2.24) is 0 Å². The Balaban J connectivity index is 2.23. The van der Waals surface area contributed by atoms with Crippen molar-refractivity contribution in [2.24, 2.45) is 5.73 Å². The van der Waals surface area contributed by atoms with Crippen molar-refractivity contribution in [2.75, 3.05) is 7.11 Å². The van der Waals surface area contributed by atoms with E-state index in [4.69, 9.17) is 33.7 Å². The Hall–Kier alpha value is -1.22. The standard InChI is InChI=1S/C15H15Cl2NO/c1-19-15-5-3-2-4-12(15)14(18)8-10-6-7-11(16)9-13(10)17/h2-7,9,14H,8,18H2,1H3. The zero-order valence-electron chi connectivity index (χ0n) is 10.6. The van der Waals surface area contributed by atoms with Gasteiger partial charge in [0.1, 0.15) is 5.75 Å². The predicted octanol–water partition coefficient (Wildman–Crippen LogP) is 4.24. The summed E-state index contributed by atoms with van der Waals surface area (Å²) in [5.74, 6) is 0.792. The van der Waals surface area contributed by atoms with E-state index in [2.05, 4.69) is 0 Å². The quantitative estimate of drug-likeness (QED) is 0.915. The average Bonchev–Trinajstić information content (AvgIpc) is 2.41. The van der Waals surface area contributed by atoms with E-state index in [1.54, 1.807) is 13.2 Å². The van der Waals surface area contributed by atoms with Crippen LogP contribution in [-0.2, 0) is 6.42 Å². The van der Waals surface area contributed by atoms with Gasteiger partial charge in [-0.05, 0) is 30.2 Å². The minimum Gasteiger partial charge on any atom is -0.496 e. The van der Waals surface area contributed by atoms with E-state index < -0.39 is 0 Å². The molecular formula is C15H15Cl2NO. The van der Waals surface area contributed by atoms with Crippen LogP contribution in [0.3, 0.4) is 0 Å². The number of hydrogen-bond acceptors (Lipinski definition) is 2. The average molecular weight is 296 g/mol. The van der Waals surface area contributed by atoms with E-state index in [0.717, 1.165) is 16.9 Å². The summed E-state index contributed by atoms with van der Waals surface area (Å²) in [5.41, 5.74) is 8.18. The van der Waals surface area contributed by atoms with Crippen LogP contribution in [0.2, 0.25) is 10.0 Å². The molecule has 2 nitrogen and oxygen atoms in total. The van der Waals surface area contributed by atoms with Crippen LogP contribution in [0.1, 0.15) is 17.2 Å². The molecule has 1 unspecified atom stereocenters. The van der Waals surface area contributed by atoms with E-state index in [1.807, 2.05) is 36.4 Å². The van der Waals surface area contributed by atoms with Gasteiger partial charge in [-0.25, -0.2) is 0 Å². The summed E-state index contributed by atoms with van der Waals surface area (Å²) in [6.07, 6.45) is 0.635. The first-order valence-corrected chi connectivity index (χ1v) is 6.70. The number of rotatable bonds is 4. The first kappa shape index (κ1) is 14.2. The molecule has 0 saturated heterocycles. The topological polar surface area (TPSA) is 35.2 Å². The van der Waals surface area contributed by atoms with Gasteiger partial charge in [-0.3, -0.25) is 0 Å². The molecule has 0 fully saturated rings. The minimum atomic E-state index is -0.171. The molecule has 19 heavy (non-hydrogen) atoms. The maximum Gasteiger partial charge on any atom is 0.123 e. The Bertz CT molecular complexity index is 572. The Morgan fingerprint density at radius 3 is 2.58 bits per heavy atom. The molecule has 0 heterocycles. The second-order valence-corrected chi connectivity index (χ2v) is 5.13. The van der Waals surface area contributed by atoms with Crippen molar-refractivity contribution in [3.8, 4) is 5.75 Å². The largest absolute Gasteiger partial charge is 0.496 e. The molecule has 0 saturated carbocycles. The fourth-order valence-electron chi connectivity index (χ4n) is 2.01. The summed E-state index contributed by atoms with van der Waals surface area (Å²) in [5, 5.41) is 1.26. The SMILES string of the molecule is COc1ccccc1C(N)Cc1ccc(Cl)cc1Cl. The lowest BCUT2D eigenvalue weighted by Crippen LogP contribution is -2.14. The molecular weight excluding hydrogens is 281 g/mol. The predicted molar refractivity (Wildman–Crippen MR) is 80.1 cm³/mol. The normalized spacial score (nSPS) is 12.2. The van der Waals surface area contributed by atoms with Crippen molar-refractivity contribution in [1.29, 1.82) is 0 Å². The van der Waals surface area contributed by atoms with E-state index >= 15 is 0 Å². The number of halogens is 2. The van der Waals surface area contributed by atoms with Crippen LogP contribution in [0.15, 0.2) is 42.5 Å². The van der Waals surface area contributed by atoms with Crippen LogP contribution >= 0.6 is 23.2 Å². The maximum absolute atomic E-state index is 6.24. The fourth-order valence-corrected chi connectivity index (χ4v) is 2.49. The molecule has 1 atom stereocenters. The first-order valence-electron chi connectivity index (χ1n) is 5.94. The molecule has 100 valence electrons. The summed E-state index contributed by atoms with van der Waals surface area (Å²) < 4.78 is 5.32. The van der Waals surface area contributed by atoms with E-state index in [9.17, 15) is 0 Å². The minimum absolute atomic E-state index is 0.171. The van der Waals surface area contributed by atoms with Gasteiger partial charge in [0, 0.05) is 21.7 Å². The zero-order valence-corrected chi connectivity index (χ0v) is 12.1. The third kappa shape index (κ3) is 3.41. The summed E-state index contributed by atoms with van der Waals surface area (Å²) >= 11 is 12.0. The molecule has 0 bridgehead atoms. The van der Waals surface area contributed by atoms with E-state index in [-0.39, 0.29) is 6.04 Å². The second-order valence-electron chi connectivity index (χ2n) is 4.29. The highest BCUT2D eigenvalue weighted by molar-refractivity contribution is 6.35. The van der Waals surface area contributed by atoms with Crippen molar-refractivity contribution in [3.05, 3.63) is 63.6 Å². The monoisotopic (exact) mass is 295 g/mol. The van der Waals surface area contributed by atoms with Gasteiger partial charge in [-0.2, -0.15) is 0 Å². The number of benzene rings is 2. The van der Waals surface area contributed by atoms with Gasteiger partial charge >= 0.3 is 0 Å². The highest BCUT2D eigenvalue weighted by Gasteiger charge is 2.13. The molecule has 2 aromatic carbocycles. The maximum atomic E-state index is 6.24. The molecule has 2 aromatic rings. The van der Waals surface area contributed by atoms with Crippen LogP contribution in [0.25, 0.3) is 0 Å². The lowest BCUT2D eigenvalue weighted by Gasteiger charge is -2.16. The summed E-state index contributed by atoms with van der Waals surface area (Å²) in [4.78, 5) is 0. The lowest BCUT2D eigenvalue weighted by molar-refractivity contribution is 0.405. The highest BCUT2D eigenvalue weighted by atomic mass is 35.5. The Labute approximate surface area is 123 Å². The smallest absolute Gasteiger partial charge is 0.123 e. The van der Waals surface area contributed by atoms with Gasteiger partial charge in [0.05, 0.1) is 7.11 Å². The number of methoxy groups -OCH3 is 1. The third-order valence-electron chi connectivity index (χ3n) is 2.99. The molecule has 4 heteroatoms. The molecule has 0 spiro atoms. The molecule has 0 aliphatic rings. The Morgan fingerprint density at radius 2 is 1.89 bits per heavy atom. The summed E-state index contributed by atoms with van der Waals surface area (Å²) in [7, 11) is 1.64. The molecule has 0 aliphatic heterocycles.